The van der Waals surface area contributed by atoms with Crippen molar-refractivity contribution >= 4 is 34.7 Å². The number of aromatic nitrogens is 2. The summed E-state index contributed by atoms with van der Waals surface area (Å²) in [6.45, 7) is 9.62. The third-order valence-electron chi connectivity index (χ3n) is 5.46. The topological polar surface area (TPSA) is 61.2 Å². The smallest absolute Gasteiger partial charge is 0.338 e. The third kappa shape index (κ3) is 5.07. The summed E-state index contributed by atoms with van der Waals surface area (Å²) in [6, 6.07) is 20.6. The highest BCUT2D eigenvalue weighted by Gasteiger charge is 2.22. The summed E-state index contributed by atoms with van der Waals surface area (Å²) in [7, 11) is 0. The molecule has 0 aliphatic rings. The van der Waals surface area contributed by atoms with E-state index in [1.165, 1.54) is 11.8 Å². The molecule has 5 nitrogen and oxygen atoms in total. The fourth-order valence-electron chi connectivity index (χ4n) is 3.63. The first-order valence-corrected chi connectivity index (χ1v) is 12.2. The number of fused-ring (bicyclic) bond motifs is 1. The molecule has 4 rings (SSSR count). The van der Waals surface area contributed by atoms with Crippen molar-refractivity contribution in [2.24, 2.45) is 0 Å². The molecule has 6 heteroatoms. The molecule has 0 N–H and O–H groups in total. The molecule has 0 unspecified atom stereocenters. The van der Waals surface area contributed by atoms with Gasteiger partial charge in [-0.15, -0.1) is 0 Å². The summed E-state index contributed by atoms with van der Waals surface area (Å²) in [5, 5.41) is 0.591. The Labute approximate surface area is 204 Å². The minimum Gasteiger partial charge on any atom is -0.456 e. The maximum atomic E-state index is 13.5. The number of benzene rings is 3. The zero-order chi connectivity index (χ0) is 24.5. The molecule has 0 spiro atoms. The fourth-order valence-corrected chi connectivity index (χ4v) is 4.64. The van der Waals surface area contributed by atoms with Crippen LogP contribution in [0.3, 0.4) is 0 Å². The normalized spacial score (nSPS) is 11.6. The van der Waals surface area contributed by atoms with Crippen LogP contribution in [0, 0.1) is 13.8 Å². The van der Waals surface area contributed by atoms with Crippen molar-refractivity contribution in [1.29, 1.82) is 0 Å². The molecule has 3 aromatic carbocycles. The van der Waals surface area contributed by atoms with Crippen LogP contribution >= 0.6 is 11.8 Å². The Balaban J connectivity index is 1.72. The molecule has 4 aromatic rings. The van der Waals surface area contributed by atoms with Gasteiger partial charge < -0.3 is 4.74 Å². The first-order valence-electron chi connectivity index (χ1n) is 11.2. The van der Waals surface area contributed by atoms with Gasteiger partial charge in [0.15, 0.2) is 5.16 Å². The summed E-state index contributed by atoms with van der Waals surface area (Å²) in [5.41, 5.74) is 5.14. The predicted octanol–water partition coefficient (Wildman–Crippen LogP) is 6.59. The molecule has 174 valence electrons. The summed E-state index contributed by atoms with van der Waals surface area (Å²) < 4.78 is 7.27. The second-order valence-electron chi connectivity index (χ2n) is 9.27. The van der Waals surface area contributed by atoms with Crippen LogP contribution in [0.1, 0.15) is 58.2 Å². The average molecular weight is 473 g/mol. The Morgan fingerprint density at radius 3 is 2.29 bits per heavy atom. The first-order chi connectivity index (χ1) is 16.1. The van der Waals surface area contributed by atoms with Gasteiger partial charge in [0.2, 0.25) is 0 Å². The van der Waals surface area contributed by atoms with Crippen molar-refractivity contribution < 1.29 is 14.3 Å². The maximum Gasteiger partial charge on any atom is 0.338 e. The number of ether oxygens (including phenoxy) is 1. The van der Waals surface area contributed by atoms with Crippen LogP contribution < -0.4 is 0 Å². The molecule has 0 aliphatic carbocycles. The van der Waals surface area contributed by atoms with E-state index in [4.69, 9.17) is 9.72 Å². The largest absolute Gasteiger partial charge is 0.456 e. The van der Waals surface area contributed by atoms with Crippen LogP contribution in [-0.2, 0) is 10.5 Å². The van der Waals surface area contributed by atoms with E-state index >= 15 is 0 Å². The maximum absolute atomic E-state index is 13.5. The molecule has 34 heavy (non-hydrogen) atoms. The van der Waals surface area contributed by atoms with Crippen LogP contribution in [0.5, 0.6) is 0 Å². The lowest BCUT2D eigenvalue weighted by molar-refractivity contribution is 0.00685. The van der Waals surface area contributed by atoms with Gasteiger partial charge in [-0.2, -0.15) is 0 Å². The summed E-state index contributed by atoms with van der Waals surface area (Å²) in [4.78, 5) is 31.1. The third-order valence-corrected chi connectivity index (χ3v) is 6.44. The van der Waals surface area contributed by atoms with E-state index in [0.717, 1.165) is 27.7 Å². The molecule has 0 fully saturated rings. The Kier molecular flexibility index (Phi) is 6.62. The van der Waals surface area contributed by atoms with Crippen LogP contribution in [0.15, 0.2) is 71.9 Å². The molecule has 1 heterocycles. The molecular weight excluding hydrogens is 444 g/mol. The summed E-state index contributed by atoms with van der Waals surface area (Å²) >= 11 is 1.43. The van der Waals surface area contributed by atoms with Crippen LogP contribution in [0.4, 0.5) is 0 Å². The second kappa shape index (κ2) is 9.47. The Morgan fingerprint density at radius 1 is 0.941 bits per heavy atom. The average Bonchev–Trinajstić information content (AvgIpc) is 3.14. The molecule has 0 saturated carbocycles. The molecule has 0 amide bonds. The van der Waals surface area contributed by atoms with Gasteiger partial charge in [-0.25, -0.2) is 9.78 Å². The lowest BCUT2D eigenvalue weighted by Gasteiger charge is -2.20. The number of hydrogen-bond donors (Lipinski definition) is 0. The van der Waals surface area contributed by atoms with E-state index in [2.05, 4.69) is 0 Å². The van der Waals surface area contributed by atoms with E-state index in [-0.39, 0.29) is 11.9 Å². The van der Waals surface area contributed by atoms with Gasteiger partial charge in [0, 0.05) is 11.3 Å². The number of imidazole rings is 1. The molecule has 0 aliphatic heterocycles. The van der Waals surface area contributed by atoms with Crippen molar-refractivity contribution in [1.82, 2.24) is 9.55 Å². The first kappa shape index (κ1) is 23.8. The number of thioether (sulfide) groups is 1. The Hall–Kier alpha value is -3.38. The van der Waals surface area contributed by atoms with Crippen molar-refractivity contribution in [2.75, 3.05) is 0 Å². The molecule has 0 bridgehead atoms. The van der Waals surface area contributed by atoms with Gasteiger partial charge in [0.1, 0.15) is 5.60 Å². The van der Waals surface area contributed by atoms with E-state index in [9.17, 15) is 9.59 Å². The molecule has 1 aromatic heterocycles. The van der Waals surface area contributed by atoms with Crippen LogP contribution in [0.25, 0.3) is 11.0 Å². The zero-order valence-corrected chi connectivity index (χ0v) is 20.9. The Bertz CT molecular complexity index is 1370. The number of rotatable bonds is 5. The number of carbonyl (C=O) groups excluding carboxylic acids is 2. The van der Waals surface area contributed by atoms with Crippen molar-refractivity contribution in [3.63, 3.8) is 0 Å². The minimum absolute atomic E-state index is 0.130. The highest BCUT2D eigenvalue weighted by atomic mass is 32.2. The van der Waals surface area contributed by atoms with E-state index in [1.807, 2.05) is 95.3 Å². The van der Waals surface area contributed by atoms with Crippen molar-refractivity contribution in [3.05, 3.63) is 94.5 Å². The quantitative estimate of drug-likeness (QED) is 0.242. The summed E-state index contributed by atoms with van der Waals surface area (Å²) in [6.07, 6.45) is 0. The van der Waals surface area contributed by atoms with Gasteiger partial charge >= 0.3 is 5.97 Å². The Morgan fingerprint density at radius 2 is 1.59 bits per heavy atom. The number of esters is 1. The zero-order valence-electron chi connectivity index (χ0n) is 20.1. The van der Waals surface area contributed by atoms with Crippen molar-refractivity contribution in [2.45, 2.75) is 51.1 Å². The van der Waals surface area contributed by atoms with Gasteiger partial charge in [-0.3, -0.25) is 9.36 Å². The van der Waals surface area contributed by atoms with Gasteiger partial charge in [-0.05, 0) is 81.6 Å². The van der Waals surface area contributed by atoms with Crippen molar-refractivity contribution in [3.8, 4) is 0 Å². The molecular formula is C28H28N2O3S. The number of aryl methyl sites for hydroxylation is 2. The summed E-state index contributed by atoms with van der Waals surface area (Å²) in [5.74, 6) is -0.0169. The van der Waals surface area contributed by atoms with Gasteiger partial charge in [0.05, 0.1) is 16.6 Å². The van der Waals surface area contributed by atoms with Crippen LogP contribution in [-0.4, -0.2) is 27.0 Å². The molecule has 0 atom stereocenters. The van der Waals surface area contributed by atoms with E-state index < -0.39 is 5.60 Å². The number of carbonyl (C=O) groups is 2. The van der Waals surface area contributed by atoms with Gasteiger partial charge in [0.25, 0.3) is 5.91 Å². The molecule has 0 saturated heterocycles. The van der Waals surface area contributed by atoms with Gasteiger partial charge in [-0.1, -0.05) is 48.2 Å². The standard InChI is InChI=1S/C28H28N2O3S/c1-18-15-23-24(16-19(18)2)30(25(31)20-11-7-6-8-12-20)27(29-23)34-17-21-13-9-10-14-22(21)26(32)33-28(3,4)5/h6-16H,17H2,1-5H3. The van der Waals surface area contributed by atoms with Crippen LogP contribution in [0.2, 0.25) is 0 Å². The predicted molar refractivity (Wildman–Crippen MR) is 137 cm³/mol. The number of nitrogens with zero attached hydrogens (tertiary/aromatic N) is 2. The number of hydrogen-bond acceptors (Lipinski definition) is 5. The molecule has 0 radical (unpaired) electrons. The lowest BCUT2D eigenvalue weighted by Crippen LogP contribution is -2.24. The lowest BCUT2D eigenvalue weighted by atomic mass is 10.1. The minimum atomic E-state index is -0.580. The second-order valence-corrected chi connectivity index (χ2v) is 10.2. The highest BCUT2D eigenvalue weighted by molar-refractivity contribution is 7.98. The van der Waals surface area contributed by atoms with E-state index in [0.29, 0.717) is 22.0 Å². The highest BCUT2D eigenvalue weighted by Crippen LogP contribution is 2.30. The monoisotopic (exact) mass is 472 g/mol. The van der Waals surface area contributed by atoms with E-state index in [1.54, 1.807) is 10.6 Å². The SMILES string of the molecule is Cc1cc2nc(SCc3ccccc3C(=O)OC(C)(C)C)n(C(=O)c3ccccc3)c2cc1C. The fraction of sp³-hybridized carbons (Fsp3) is 0.250.